The SMILES string of the molecule is Cc1c(Cl)c(Cl)c(Cl)c(OC(F)F)c1Cl. The maximum absolute atomic E-state index is 12.0. The Morgan fingerprint density at radius 2 is 1.47 bits per heavy atom. The zero-order valence-electron chi connectivity index (χ0n) is 7.25. The lowest BCUT2D eigenvalue weighted by atomic mass is 10.2. The first-order valence-electron chi connectivity index (χ1n) is 3.63. The predicted molar refractivity (Wildman–Crippen MR) is 57.9 cm³/mol. The molecule has 0 amide bonds. The molecule has 0 aromatic heterocycles. The van der Waals surface area contributed by atoms with Crippen molar-refractivity contribution in [2.75, 3.05) is 0 Å². The molecule has 0 aliphatic carbocycles. The molecule has 0 bridgehead atoms. The first-order chi connectivity index (χ1) is 6.86. The van der Waals surface area contributed by atoms with Crippen LogP contribution in [0.5, 0.6) is 5.75 Å². The molecule has 0 aliphatic rings. The molecule has 0 spiro atoms. The van der Waals surface area contributed by atoms with Gasteiger partial charge in [0, 0.05) is 0 Å². The van der Waals surface area contributed by atoms with Gasteiger partial charge in [-0.25, -0.2) is 0 Å². The normalized spacial score (nSPS) is 10.9. The van der Waals surface area contributed by atoms with Crippen LogP contribution in [0.2, 0.25) is 20.1 Å². The van der Waals surface area contributed by atoms with Gasteiger partial charge in [0.2, 0.25) is 0 Å². The van der Waals surface area contributed by atoms with Crippen molar-refractivity contribution in [3.63, 3.8) is 0 Å². The highest BCUT2D eigenvalue weighted by atomic mass is 35.5. The van der Waals surface area contributed by atoms with E-state index in [0.717, 1.165) is 0 Å². The summed E-state index contributed by atoms with van der Waals surface area (Å²) in [4.78, 5) is 0. The van der Waals surface area contributed by atoms with E-state index in [1.807, 2.05) is 0 Å². The summed E-state index contributed by atoms with van der Waals surface area (Å²) in [7, 11) is 0. The number of alkyl halides is 2. The van der Waals surface area contributed by atoms with Gasteiger partial charge in [-0.2, -0.15) is 8.78 Å². The Morgan fingerprint density at radius 1 is 0.933 bits per heavy atom. The van der Waals surface area contributed by atoms with Crippen LogP contribution in [-0.4, -0.2) is 6.61 Å². The third-order valence-corrected chi connectivity index (χ3v) is 3.51. The van der Waals surface area contributed by atoms with E-state index >= 15 is 0 Å². The Labute approximate surface area is 105 Å². The number of hydrogen-bond donors (Lipinski definition) is 0. The average Bonchev–Trinajstić information content (AvgIpc) is 2.18. The monoisotopic (exact) mass is 294 g/mol. The van der Waals surface area contributed by atoms with Crippen molar-refractivity contribution < 1.29 is 13.5 Å². The van der Waals surface area contributed by atoms with Gasteiger partial charge in [0.05, 0.1) is 15.1 Å². The summed E-state index contributed by atoms with van der Waals surface area (Å²) in [5.41, 5.74) is 0.336. The molecule has 0 saturated carbocycles. The van der Waals surface area contributed by atoms with Crippen LogP contribution in [0, 0.1) is 6.92 Å². The lowest BCUT2D eigenvalue weighted by Gasteiger charge is -2.13. The van der Waals surface area contributed by atoms with E-state index in [1.165, 1.54) is 6.92 Å². The molecule has 0 radical (unpaired) electrons. The molecule has 1 aromatic rings. The molecular weight excluding hydrogens is 292 g/mol. The van der Waals surface area contributed by atoms with Crippen molar-refractivity contribution in [1.82, 2.24) is 0 Å². The van der Waals surface area contributed by atoms with E-state index in [-0.39, 0.29) is 25.8 Å². The molecule has 1 nitrogen and oxygen atoms in total. The highest BCUT2D eigenvalue weighted by molar-refractivity contribution is 6.50. The summed E-state index contributed by atoms with van der Waals surface area (Å²) in [6.07, 6.45) is 0. The van der Waals surface area contributed by atoms with Crippen molar-refractivity contribution in [3.05, 3.63) is 25.7 Å². The van der Waals surface area contributed by atoms with Gasteiger partial charge in [-0.15, -0.1) is 0 Å². The Hall–Kier alpha value is 0.0400. The Kier molecular flexibility index (Phi) is 4.29. The van der Waals surface area contributed by atoms with Crippen molar-refractivity contribution >= 4 is 46.4 Å². The Balaban J connectivity index is 3.39. The van der Waals surface area contributed by atoms with Crippen LogP contribution < -0.4 is 4.74 Å². The summed E-state index contributed by atoms with van der Waals surface area (Å²) >= 11 is 22.8. The van der Waals surface area contributed by atoms with E-state index in [0.29, 0.717) is 5.56 Å². The number of ether oxygens (including phenoxy) is 1. The van der Waals surface area contributed by atoms with Gasteiger partial charge in [-0.3, -0.25) is 0 Å². The van der Waals surface area contributed by atoms with Crippen LogP contribution in [0.15, 0.2) is 0 Å². The van der Waals surface area contributed by atoms with Crippen molar-refractivity contribution in [1.29, 1.82) is 0 Å². The minimum atomic E-state index is -3.03. The average molecular weight is 296 g/mol. The maximum Gasteiger partial charge on any atom is 0.387 e. The summed E-state index contributed by atoms with van der Waals surface area (Å²) in [5, 5.41) is -0.239. The fourth-order valence-electron chi connectivity index (χ4n) is 0.916. The van der Waals surface area contributed by atoms with Crippen LogP contribution >= 0.6 is 46.4 Å². The van der Waals surface area contributed by atoms with E-state index in [2.05, 4.69) is 4.74 Å². The van der Waals surface area contributed by atoms with Gasteiger partial charge < -0.3 is 4.74 Å². The van der Waals surface area contributed by atoms with Crippen LogP contribution in [0.3, 0.4) is 0 Å². The van der Waals surface area contributed by atoms with Crippen molar-refractivity contribution in [2.24, 2.45) is 0 Å². The number of benzene rings is 1. The van der Waals surface area contributed by atoms with Gasteiger partial charge in [0.1, 0.15) is 5.02 Å². The van der Waals surface area contributed by atoms with E-state index in [1.54, 1.807) is 0 Å². The van der Waals surface area contributed by atoms with Crippen LogP contribution in [0.25, 0.3) is 0 Å². The molecule has 7 heteroatoms. The topological polar surface area (TPSA) is 9.23 Å². The molecule has 0 saturated heterocycles. The highest BCUT2D eigenvalue weighted by Gasteiger charge is 2.21. The molecule has 0 unspecified atom stereocenters. The Morgan fingerprint density at radius 3 is 1.93 bits per heavy atom. The molecule has 0 aliphatic heterocycles. The summed E-state index contributed by atoms with van der Waals surface area (Å²) in [6.45, 7) is -1.51. The van der Waals surface area contributed by atoms with Gasteiger partial charge in [-0.1, -0.05) is 46.4 Å². The molecule has 1 rings (SSSR count). The maximum atomic E-state index is 12.0. The minimum absolute atomic E-state index is 0.0594. The van der Waals surface area contributed by atoms with Gasteiger partial charge in [0.25, 0.3) is 0 Å². The second-order valence-electron chi connectivity index (χ2n) is 2.59. The second-order valence-corrected chi connectivity index (χ2v) is 4.10. The quantitative estimate of drug-likeness (QED) is 0.537. The number of halogens is 6. The Bertz CT molecular complexity index is 366. The lowest BCUT2D eigenvalue weighted by Crippen LogP contribution is -2.04. The van der Waals surface area contributed by atoms with E-state index in [4.69, 9.17) is 46.4 Å². The molecule has 0 heterocycles. The highest BCUT2D eigenvalue weighted by Crippen LogP contribution is 2.45. The first kappa shape index (κ1) is 13.1. The van der Waals surface area contributed by atoms with E-state index in [9.17, 15) is 8.78 Å². The molecule has 0 fully saturated rings. The predicted octanol–water partition coefficient (Wildman–Crippen LogP) is 5.21. The van der Waals surface area contributed by atoms with Gasteiger partial charge >= 0.3 is 6.61 Å². The van der Waals surface area contributed by atoms with Crippen LogP contribution in [0.4, 0.5) is 8.78 Å². The molecule has 0 N–H and O–H groups in total. The molecule has 84 valence electrons. The van der Waals surface area contributed by atoms with Crippen molar-refractivity contribution in [2.45, 2.75) is 13.5 Å². The van der Waals surface area contributed by atoms with E-state index < -0.39 is 6.61 Å². The fourth-order valence-corrected chi connectivity index (χ4v) is 1.94. The standard InChI is InChI=1S/C8H4Cl4F2O/c1-2-3(9)5(11)6(12)7(4(2)10)15-8(13)14/h8H,1H3. The van der Waals surface area contributed by atoms with Crippen molar-refractivity contribution in [3.8, 4) is 5.75 Å². The molecule has 0 atom stereocenters. The first-order valence-corrected chi connectivity index (χ1v) is 5.14. The van der Waals surface area contributed by atoms with Crippen LogP contribution in [0.1, 0.15) is 5.56 Å². The third-order valence-electron chi connectivity index (χ3n) is 1.65. The van der Waals surface area contributed by atoms with Gasteiger partial charge in [0.15, 0.2) is 5.75 Å². The summed E-state index contributed by atoms with van der Waals surface area (Å²) < 4.78 is 28.2. The van der Waals surface area contributed by atoms with Crippen LogP contribution in [-0.2, 0) is 0 Å². The fraction of sp³-hybridized carbons (Fsp3) is 0.250. The molecular formula is C8H4Cl4F2O. The van der Waals surface area contributed by atoms with Gasteiger partial charge in [-0.05, 0) is 12.5 Å². The second kappa shape index (κ2) is 4.91. The largest absolute Gasteiger partial charge is 0.432 e. The lowest BCUT2D eigenvalue weighted by molar-refractivity contribution is -0.0497. The third kappa shape index (κ3) is 2.59. The minimum Gasteiger partial charge on any atom is -0.432 e. The zero-order chi connectivity index (χ0) is 11.7. The molecule has 15 heavy (non-hydrogen) atoms. The number of rotatable bonds is 2. The smallest absolute Gasteiger partial charge is 0.387 e. The number of hydrogen-bond acceptors (Lipinski definition) is 1. The zero-order valence-corrected chi connectivity index (χ0v) is 10.3. The summed E-state index contributed by atoms with van der Waals surface area (Å²) in [6, 6.07) is 0. The summed E-state index contributed by atoms with van der Waals surface area (Å²) in [5.74, 6) is -0.361. The molecule has 1 aromatic carbocycles.